The van der Waals surface area contributed by atoms with Crippen molar-refractivity contribution in [2.75, 3.05) is 7.11 Å². The molecule has 4 saturated carbocycles. The van der Waals surface area contributed by atoms with Crippen LogP contribution >= 0.6 is 0 Å². The second-order valence-corrected chi connectivity index (χ2v) is 21.0. The summed E-state index contributed by atoms with van der Waals surface area (Å²) in [6.45, 7) is 22.8. The van der Waals surface area contributed by atoms with Gasteiger partial charge in [0.15, 0.2) is 8.32 Å². The van der Waals surface area contributed by atoms with E-state index in [9.17, 15) is 5.11 Å². The van der Waals surface area contributed by atoms with Crippen LogP contribution in [-0.4, -0.2) is 38.3 Å². The topological polar surface area (TPSA) is 38.7 Å². The van der Waals surface area contributed by atoms with Crippen molar-refractivity contribution in [3.63, 3.8) is 0 Å². The van der Waals surface area contributed by atoms with Crippen molar-refractivity contribution in [2.45, 2.75) is 143 Å². The Morgan fingerprint density at radius 1 is 1.05 bits per heavy atom. The molecule has 3 nitrogen and oxygen atoms in total. The molecule has 4 aliphatic carbocycles. The quantitative estimate of drug-likeness (QED) is 0.233. The first-order chi connectivity index (χ1) is 17.4. The van der Waals surface area contributed by atoms with Gasteiger partial charge in [0.25, 0.3) is 0 Å². The lowest BCUT2D eigenvalue weighted by atomic mass is 9.61. The van der Waals surface area contributed by atoms with Crippen LogP contribution < -0.4 is 0 Å². The molecule has 0 amide bonds. The molecular weight excluding hydrogens is 484 g/mol. The maximum atomic E-state index is 10.4. The molecule has 0 heterocycles. The van der Waals surface area contributed by atoms with Gasteiger partial charge in [-0.15, -0.1) is 0 Å². The summed E-state index contributed by atoms with van der Waals surface area (Å²) in [5.74, 6) is 2.88. The zero-order valence-corrected chi connectivity index (χ0v) is 27.7. The van der Waals surface area contributed by atoms with Crippen molar-refractivity contribution >= 4 is 8.32 Å². The number of fused-ring (bicyclic) bond motifs is 2. The third-order valence-electron chi connectivity index (χ3n) is 12.4. The lowest BCUT2D eigenvalue weighted by Gasteiger charge is -2.44. The van der Waals surface area contributed by atoms with Crippen molar-refractivity contribution < 1.29 is 14.3 Å². The highest BCUT2D eigenvalue weighted by Crippen LogP contribution is 2.68. The molecule has 0 aliphatic heterocycles. The van der Waals surface area contributed by atoms with Gasteiger partial charge in [0, 0.05) is 24.5 Å². The van der Waals surface area contributed by atoms with E-state index in [1.54, 1.807) is 5.57 Å². The van der Waals surface area contributed by atoms with Crippen molar-refractivity contribution in [1.82, 2.24) is 0 Å². The summed E-state index contributed by atoms with van der Waals surface area (Å²) >= 11 is 0. The SMILES string of the molecule is CO[C@H](/C=C1\CCCC2(C)[C@@H]([C@H](C)/C=C/[C@H](C)C(C)(C)O)CC[C@@H]12)[C@]12CC1C[C@H](O[Si](C)(C)C(C)(C)C)C2. The summed E-state index contributed by atoms with van der Waals surface area (Å²) in [5, 5.41) is 10.7. The average molecular weight is 545 g/mol. The molecule has 4 aliphatic rings. The lowest BCUT2D eigenvalue weighted by molar-refractivity contribution is 0.0435. The summed E-state index contributed by atoms with van der Waals surface area (Å²) < 4.78 is 13.2. The Labute approximate surface area is 236 Å². The summed E-state index contributed by atoms with van der Waals surface area (Å²) in [4.78, 5) is 0. The van der Waals surface area contributed by atoms with Crippen molar-refractivity contribution in [1.29, 1.82) is 0 Å². The molecule has 0 bridgehead atoms. The monoisotopic (exact) mass is 544 g/mol. The Morgan fingerprint density at radius 2 is 1.74 bits per heavy atom. The van der Waals surface area contributed by atoms with Gasteiger partial charge in [-0.3, -0.25) is 0 Å². The highest BCUT2D eigenvalue weighted by atomic mass is 28.4. The van der Waals surface area contributed by atoms with Gasteiger partial charge in [0.1, 0.15) is 0 Å². The molecule has 0 aromatic rings. The molecule has 0 spiro atoms. The highest BCUT2D eigenvalue weighted by Gasteiger charge is 2.65. The normalized spacial score (nSPS) is 39.3. The van der Waals surface area contributed by atoms with Crippen LogP contribution in [-0.2, 0) is 9.16 Å². The van der Waals surface area contributed by atoms with Gasteiger partial charge < -0.3 is 14.3 Å². The zero-order chi connectivity index (χ0) is 28.3. The lowest BCUT2D eigenvalue weighted by Crippen LogP contribution is -2.44. The molecule has 38 heavy (non-hydrogen) atoms. The van der Waals surface area contributed by atoms with E-state index < -0.39 is 13.9 Å². The predicted octanol–water partition coefficient (Wildman–Crippen LogP) is 8.93. The van der Waals surface area contributed by atoms with Gasteiger partial charge in [-0.25, -0.2) is 0 Å². The van der Waals surface area contributed by atoms with E-state index in [2.05, 4.69) is 72.9 Å². The van der Waals surface area contributed by atoms with E-state index in [-0.39, 0.29) is 17.1 Å². The molecule has 0 aromatic heterocycles. The second kappa shape index (κ2) is 10.4. The van der Waals surface area contributed by atoms with E-state index in [0.717, 1.165) is 5.92 Å². The summed E-state index contributed by atoms with van der Waals surface area (Å²) in [6, 6.07) is 0. The van der Waals surface area contributed by atoms with Crippen LogP contribution in [0.1, 0.15) is 107 Å². The minimum absolute atomic E-state index is 0.167. The Morgan fingerprint density at radius 3 is 2.34 bits per heavy atom. The average Bonchev–Trinajstić information content (AvgIpc) is 3.16. The standard InChI is InChI=1S/C34H60O3Si/c1-23(14-15-24(2)32(6,7)35)28-16-17-29-25(13-12-18-33(28,29)8)19-30(36-9)34-21-26(34)20-27(22-34)37-38(10,11)31(3,4)5/h14-15,19,23-24,26-30,35H,12-13,16-18,20-22H2,1-11H3/b15-14+,25-19+/t23-,24+,26?,27+,28-,29+,30-,33?,34+/m1/s1. The van der Waals surface area contributed by atoms with Gasteiger partial charge in [0.05, 0.1) is 11.7 Å². The van der Waals surface area contributed by atoms with Crippen LogP contribution in [0.4, 0.5) is 0 Å². The largest absolute Gasteiger partial charge is 0.414 e. The molecule has 218 valence electrons. The molecule has 0 aromatic carbocycles. The fraction of sp³-hybridized carbons (Fsp3) is 0.882. The van der Waals surface area contributed by atoms with Gasteiger partial charge >= 0.3 is 0 Å². The molecular formula is C34H60O3Si. The van der Waals surface area contributed by atoms with Gasteiger partial charge in [-0.05, 0) is 112 Å². The molecule has 0 saturated heterocycles. The smallest absolute Gasteiger partial charge is 0.192 e. The Bertz CT molecular complexity index is 908. The van der Waals surface area contributed by atoms with Crippen LogP contribution in [0.15, 0.2) is 23.8 Å². The number of allylic oxidation sites excluding steroid dienone is 2. The van der Waals surface area contributed by atoms with Gasteiger partial charge in [-0.2, -0.15) is 0 Å². The molecule has 2 unspecified atom stereocenters. The molecule has 9 atom stereocenters. The number of rotatable bonds is 9. The minimum Gasteiger partial charge on any atom is -0.414 e. The van der Waals surface area contributed by atoms with E-state index in [1.807, 2.05) is 21.0 Å². The van der Waals surface area contributed by atoms with E-state index in [1.165, 1.54) is 51.4 Å². The van der Waals surface area contributed by atoms with Gasteiger partial charge in [0.2, 0.25) is 0 Å². The first-order valence-corrected chi connectivity index (χ1v) is 18.7. The predicted molar refractivity (Wildman–Crippen MR) is 163 cm³/mol. The fourth-order valence-electron chi connectivity index (χ4n) is 8.46. The van der Waals surface area contributed by atoms with E-state index >= 15 is 0 Å². The van der Waals surface area contributed by atoms with Crippen LogP contribution in [0, 0.1) is 40.4 Å². The van der Waals surface area contributed by atoms with Crippen molar-refractivity contribution in [3.05, 3.63) is 23.8 Å². The van der Waals surface area contributed by atoms with Crippen LogP contribution in [0.3, 0.4) is 0 Å². The van der Waals surface area contributed by atoms with Crippen LogP contribution in [0.5, 0.6) is 0 Å². The maximum Gasteiger partial charge on any atom is 0.192 e. The molecule has 1 N–H and O–H groups in total. The Kier molecular flexibility index (Phi) is 8.39. The summed E-state index contributed by atoms with van der Waals surface area (Å²) in [7, 11) is 0.203. The van der Waals surface area contributed by atoms with Crippen molar-refractivity contribution in [3.8, 4) is 0 Å². The number of aliphatic hydroxyl groups is 1. The highest BCUT2D eigenvalue weighted by molar-refractivity contribution is 6.74. The number of hydrogen-bond acceptors (Lipinski definition) is 3. The minimum atomic E-state index is -1.75. The van der Waals surface area contributed by atoms with Gasteiger partial charge in [-0.1, -0.05) is 65.3 Å². The number of methoxy groups -OCH3 is 1. The molecule has 0 radical (unpaired) electrons. The third-order valence-corrected chi connectivity index (χ3v) is 16.9. The van der Waals surface area contributed by atoms with Crippen molar-refractivity contribution in [2.24, 2.45) is 40.4 Å². The Hall–Kier alpha value is -0.423. The van der Waals surface area contributed by atoms with E-state index in [4.69, 9.17) is 9.16 Å². The number of hydrogen-bond donors (Lipinski definition) is 1. The molecule has 4 fully saturated rings. The Balaban J connectivity index is 1.47. The summed E-state index contributed by atoms with van der Waals surface area (Å²) in [5.41, 5.74) is 1.71. The first kappa shape index (κ1) is 30.5. The van der Waals surface area contributed by atoms with E-state index in [0.29, 0.717) is 34.7 Å². The zero-order valence-electron chi connectivity index (χ0n) is 26.7. The number of ether oxygens (including phenoxy) is 1. The third kappa shape index (κ3) is 5.67. The molecule has 4 heteroatoms. The fourth-order valence-corrected chi connectivity index (χ4v) is 9.82. The maximum absolute atomic E-state index is 10.4. The summed E-state index contributed by atoms with van der Waals surface area (Å²) in [6.07, 6.45) is 18.2. The van der Waals surface area contributed by atoms with Crippen LogP contribution in [0.25, 0.3) is 0 Å². The molecule has 4 rings (SSSR count). The second-order valence-electron chi connectivity index (χ2n) is 16.3. The first-order valence-electron chi connectivity index (χ1n) is 15.8. The van der Waals surface area contributed by atoms with Crippen LogP contribution in [0.2, 0.25) is 18.1 Å².